The normalized spacial score (nSPS) is 12.1. The average Bonchev–Trinajstić information content (AvgIpc) is 4.02. The standard InChI is InChI=1S/C46H46O9/c1-30(2)44(48)52-27-9-7-6-8-26-51-42-23-19-37(29-40(42)35-15-16-35)34-13-10-33(11-14-34)12-25-43(47)55-41-24-22-39(28-32(41)5)54-46(50)36-17-20-38(21-18-36)53-45(49)31(3)4/h10-14,17-25,28-29,35H,1,3,6-9,15-16,26-27H2,2,4-5H3/b25-12+. The van der Waals surface area contributed by atoms with Crippen LogP contribution in [0, 0.1) is 6.92 Å². The highest BCUT2D eigenvalue weighted by Gasteiger charge is 2.27. The van der Waals surface area contributed by atoms with Gasteiger partial charge in [-0.25, -0.2) is 19.2 Å². The van der Waals surface area contributed by atoms with Crippen LogP contribution in [0.1, 0.15) is 85.3 Å². The number of rotatable bonds is 18. The Morgan fingerprint density at radius 3 is 1.96 bits per heavy atom. The van der Waals surface area contributed by atoms with Crippen molar-refractivity contribution in [2.75, 3.05) is 13.2 Å². The third-order valence-electron chi connectivity index (χ3n) is 8.78. The fourth-order valence-electron chi connectivity index (χ4n) is 5.51. The van der Waals surface area contributed by atoms with Gasteiger partial charge in [-0.2, -0.15) is 0 Å². The lowest BCUT2D eigenvalue weighted by Crippen LogP contribution is -2.10. The van der Waals surface area contributed by atoms with Crippen LogP contribution in [-0.2, 0) is 19.1 Å². The molecule has 0 amide bonds. The maximum absolute atomic E-state index is 12.7. The van der Waals surface area contributed by atoms with E-state index in [0.29, 0.717) is 36.0 Å². The topological polar surface area (TPSA) is 114 Å². The number of unbranched alkanes of at least 4 members (excludes halogenated alkanes) is 3. The van der Waals surface area contributed by atoms with Crippen molar-refractivity contribution in [2.24, 2.45) is 0 Å². The van der Waals surface area contributed by atoms with Crippen molar-refractivity contribution in [3.8, 4) is 34.1 Å². The molecule has 0 aliphatic heterocycles. The van der Waals surface area contributed by atoms with Gasteiger partial charge >= 0.3 is 23.9 Å². The van der Waals surface area contributed by atoms with E-state index in [9.17, 15) is 19.2 Å². The smallest absolute Gasteiger partial charge is 0.343 e. The average molecular weight is 743 g/mol. The van der Waals surface area contributed by atoms with Gasteiger partial charge in [0.15, 0.2) is 0 Å². The Hall–Kier alpha value is -6.22. The highest BCUT2D eigenvalue weighted by Crippen LogP contribution is 2.45. The summed E-state index contributed by atoms with van der Waals surface area (Å²) in [5.74, 6) is 0.341. The summed E-state index contributed by atoms with van der Waals surface area (Å²) in [7, 11) is 0. The number of carbonyl (C=O) groups is 4. The summed E-state index contributed by atoms with van der Waals surface area (Å²) in [5.41, 5.74) is 5.83. The van der Waals surface area contributed by atoms with Crippen LogP contribution in [0.5, 0.6) is 23.0 Å². The first-order chi connectivity index (χ1) is 26.5. The summed E-state index contributed by atoms with van der Waals surface area (Å²) < 4.78 is 27.5. The van der Waals surface area contributed by atoms with E-state index in [0.717, 1.165) is 61.0 Å². The van der Waals surface area contributed by atoms with Crippen molar-refractivity contribution in [3.63, 3.8) is 0 Å². The predicted molar refractivity (Wildman–Crippen MR) is 211 cm³/mol. The van der Waals surface area contributed by atoms with Gasteiger partial charge in [-0.15, -0.1) is 0 Å². The summed E-state index contributed by atoms with van der Waals surface area (Å²) in [6, 6.07) is 25.0. The number of esters is 4. The number of hydrogen-bond acceptors (Lipinski definition) is 9. The molecule has 0 radical (unpaired) electrons. The van der Waals surface area contributed by atoms with Crippen molar-refractivity contribution < 1.29 is 42.9 Å². The maximum Gasteiger partial charge on any atom is 0.343 e. The first kappa shape index (κ1) is 40.0. The molecule has 1 aliphatic carbocycles. The van der Waals surface area contributed by atoms with Crippen LogP contribution in [0.25, 0.3) is 17.2 Å². The van der Waals surface area contributed by atoms with Gasteiger partial charge in [0.05, 0.1) is 18.8 Å². The monoisotopic (exact) mass is 742 g/mol. The minimum Gasteiger partial charge on any atom is -0.493 e. The largest absolute Gasteiger partial charge is 0.493 e. The molecule has 55 heavy (non-hydrogen) atoms. The first-order valence-corrected chi connectivity index (χ1v) is 18.4. The molecule has 0 spiro atoms. The van der Waals surface area contributed by atoms with Crippen LogP contribution in [-0.4, -0.2) is 37.1 Å². The molecule has 0 heterocycles. The van der Waals surface area contributed by atoms with E-state index in [1.807, 2.05) is 24.3 Å². The van der Waals surface area contributed by atoms with Crippen LogP contribution >= 0.6 is 0 Å². The van der Waals surface area contributed by atoms with E-state index in [-0.39, 0.29) is 28.6 Å². The van der Waals surface area contributed by atoms with Gasteiger partial charge in [0, 0.05) is 17.2 Å². The summed E-state index contributed by atoms with van der Waals surface area (Å²) in [5, 5.41) is 0. The molecular formula is C46H46O9. The molecule has 1 saturated carbocycles. The predicted octanol–water partition coefficient (Wildman–Crippen LogP) is 9.92. The van der Waals surface area contributed by atoms with E-state index in [2.05, 4.69) is 31.4 Å². The van der Waals surface area contributed by atoms with E-state index in [4.69, 9.17) is 23.7 Å². The number of ether oxygens (including phenoxy) is 5. The molecule has 9 nitrogen and oxygen atoms in total. The van der Waals surface area contributed by atoms with E-state index >= 15 is 0 Å². The van der Waals surface area contributed by atoms with Gasteiger partial charge in [-0.3, -0.25) is 0 Å². The summed E-state index contributed by atoms with van der Waals surface area (Å²) in [6.07, 6.45) is 9.13. The molecule has 5 rings (SSSR count). The van der Waals surface area contributed by atoms with Gasteiger partial charge in [0.25, 0.3) is 0 Å². The molecule has 284 valence electrons. The minimum atomic E-state index is -0.595. The second kappa shape index (κ2) is 19.2. The zero-order valence-electron chi connectivity index (χ0n) is 31.6. The molecule has 1 aliphatic rings. The van der Waals surface area contributed by atoms with Gasteiger partial charge in [0.2, 0.25) is 0 Å². The molecule has 0 aromatic heterocycles. The van der Waals surface area contributed by atoms with Crippen molar-refractivity contribution in [1.29, 1.82) is 0 Å². The Morgan fingerprint density at radius 2 is 1.31 bits per heavy atom. The zero-order chi connectivity index (χ0) is 39.3. The SMILES string of the molecule is C=C(C)C(=O)OCCCCCCOc1ccc(-c2ccc(/C=C/C(=O)Oc3ccc(OC(=O)c4ccc(OC(=O)C(=C)C)cc4)cc3C)cc2)cc1C1CC1. The third-order valence-corrected chi connectivity index (χ3v) is 8.78. The van der Waals surface area contributed by atoms with Gasteiger partial charge in [-0.05, 0) is 154 Å². The van der Waals surface area contributed by atoms with E-state index < -0.39 is 17.9 Å². The number of aryl methyl sites for hydroxylation is 1. The third kappa shape index (κ3) is 12.2. The van der Waals surface area contributed by atoms with Crippen LogP contribution in [0.3, 0.4) is 0 Å². The van der Waals surface area contributed by atoms with Crippen LogP contribution in [0.15, 0.2) is 115 Å². The Balaban J connectivity index is 1.08. The Kier molecular flexibility index (Phi) is 14.0. The molecule has 0 N–H and O–H groups in total. The molecular weight excluding hydrogens is 696 g/mol. The number of carbonyl (C=O) groups excluding carboxylic acids is 4. The Labute approximate surface area is 322 Å². The highest BCUT2D eigenvalue weighted by molar-refractivity contribution is 5.92. The molecule has 0 unspecified atom stereocenters. The lowest BCUT2D eigenvalue weighted by atomic mass is 9.99. The number of hydrogen-bond donors (Lipinski definition) is 0. The molecule has 9 heteroatoms. The number of benzene rings is 4. The zero-order valence-corrected chi connectivity index (χ0v) is 31.6. The maximum atomic E-state index is 12.7. The van der Waals surface area contributed by atoms with Crippen LogP contribution < -0.4 is 18.9 Å². The van der Waals surface area contributed by atoms with Crippen LogP contribution in [0.2, 0.25) is 0 Å². The van der Waals surface area contributed by atoms with Gasteiger partial charge in [0.1, 0.15) is 23.0 Å². The van der Waals surface area contributed by atoms with E-state index in [1.54, 1.807) is 45.0 Å². The Bertz CT molecular complexity index is 2070. The molecule has 4 aromatic carbocycles. The van der Waals surface area contributed by atoms with Crippen molar-refractivity contribution >= 4 is 30.0 Å². The summed E-state index contributed by atoms with van der Waals surface area (Å²) in [4.78, 5) is 48.5. The fraction of sp³-hybridized carbons (Fsp3) is 0.261. The van der Waals surface area contributed by atoms with E-state index in [1.165, 1.54) is 35.9 Å². The van der Waals surface area contributed by atoms with Gasteiger partial charge in [-0.1, -0.05) is 43.5 Å². The molecule has 0 atom stereocenters. The molecule has 4 aromatic rings. The van der Waals surface area contributed by atoms with Crippen molar-refractivity contribution in [1.82, 2.24) is 0 Å². The second-order valence-electron chi connectivity index (χ2n) is 13.6. The first-order valence-electron chi connectivity index (χ1n) is 18.4. The fourth-order valence-corrected chi connectivity index (χ4v) is 5.51. The van der Waals surface area contributed by atoms with Crippen molar-refractivity contribution in [2.45, 2.75) is 65.2 Å². The summed E-state index contributed by atoms with van der Waals surface area (Å²) >= 11 is 0. The minimum absolute atomic E-state index is 0.264. The summed E-state index contributed by atoms with van der Waals surface area (Å²) in [6.45, 7) is 13.1. The lowest BCUT2D eigenvalue weighted by molar-refractivity contribution is -0.139. The van der Waals surface area contributed by atoms with Crippen LogP contribution in [0.4, 0.5) is 0 Å². The molecule has 0 bridgehead atoms. The van der Waals surface area contributed by atoms with Crippen molar-refractivity contribution in [3.05, 3.63) is 138 Å². The highest BCUT2D eigenvalue weighted by atomic mass is 16.5. The molecule has 0 saturated heterocycles. The lowest BCUT2D eigenvalue weighted by Gasteiger charge is -2.13. The van der Waals surface area contributed by atoms with Gasteiger partial charge < -0.3 is 23.7 Å². The Morgan fingerprint density at radius 1 is 0.673 bits per heavy atom. The quantitative estimate of drug-likeness (QED) is 0.0425. The molecule has 1 fully saturated rings. The second-order valence-corrected chi connectivity index (χ2v) is 13.6.